The van der Waals surface area contributed by atoms with E-state index in [4.69, 9.17) is 14.0 Å². The Morgan fingerprint density at radius 3 is 2.25 bits per heavy atom. The van der Waals surface area contributed by atoms with Crippen LogP contribution < -0.4 is 5.46 Å². The lowest BCUT2D eigenvalue weighted by molar-refractivity contribution is 0.00578. The Balaban J connectivity index is 1.68. The summed E-state index contributed by atoms with van der Waals surface area (Å²) in [4.78, 5) is 0. The average Bonchev–Trinajstić information content (AvgIpc) is 3.00. The van der Waals surface area contributed by atoms with Crippen LogP contribution in [-0.4, -0.2) is 18.3 Å². The van der Waals surface area contributed by atoms with Crippen LogP contribution >= 0.6 is 0 Å². The predicted molar refractivity (Wildman–Crippen MR) is 77.9 cm³/mol. The highest BCUT2D eigenvalue weighted by atomic mass is 16.7. The number of benzene rings is 1. The van der Waals surface area contributed by atoms with E-state index in [1.807, 2.05) is 0 Å². The fourth-order valence-electron chi connectivity index (χ4n) is 3.09. The SMILES string of the molecule is CC1(C)OB(c2ccc3c(c2)C2(CC2)OC3)OC1(C)C. The third-order valence-electron chi connectivity index (χ3n) is 5.36. The maximum Gasteiger partial charge on any atom is 0.494 e. The van der Waals surface area contributed by atoms with Gasteiger partial charge in [-0.1, -0.05) is 18.2 Å². The molecule has 4 rings (SSSR count). The van der Waals surface area contributed by atoms with E-state index in [9.17, 15) is 0 Å². The highest BCUT2D eigenvalue weighted by Gasteiger charge is 2.54. The van der Waals surface area contributed by atoms with Gasteiger partial charge < -0.3 is 14.0 Å². The third-order valence-corrected chi connectivity index (χ3v) is 5.36. The Labute approximate surface area is 120 Å². The summed E-state index contributed by atoms with van der Waals surface area (Å²) >= 11 is 0. The van der Waals surface area contributed by atoms with Crippen molar-refractivity contribution in [1.29, 1.82) is 0 Å². The van der Waals surface area contributed by atoms with Gasteiger partial charge >= 0.3 is 7.12 Å². The van der Waals surface area contributed by atoms with E-state index in [0.29, 0.717) is 0 Å². The molecule has 0 bridgehead atoms. The van der Waals surface area contributed by atoms with Crippen LogP contribution in [0.2, 0.25) is 0 Å². The first-order valence-corrected chi connectivity index (χ1v) is 7.46. The molecule has 2 fully saturated rings. The van der Waals surface area contributed by atoms with E-state index in [-0.39, 0.29) is 23.9 Å². The number of fused-ring (bicyclic) bond motifs is 2. The maximum absolute atomic E-state index is 6.14. The molecule has 0 N–H and O–H groups in total. The zero-order valence-corrected chi connectivity index (χ0v) is 12.7. The standard InChI is InChI=1S/C16H21BO3/c1-14(2)15(3,4)20-17(19-14)12-6-5-11-10-18-16(7-8-16)13(11)9-12/h5-6,9H,7-8,10H2,1-4H3. The highest BCUT2D eigenvalue weighted by Crippen LogP contribution is 2.54. The van der Waals surface area contributed by atoms with Gasteiger partial charge in [0.1, 0.15) is 0 Å². The minimum atomic E-state index is -0.287. The van der Waals surface area contributed by atoms with Gasteiger partial charge in [-0.2, -0.15) is 0 Å². The Morgan fingerprint density at radius 2 is 1.65 bits per heavy atom. The summed E-state index contributed by atoms with van der Waals surface area (Å²) in [6.07, 6.45) is 2.29. The number of hydrogen-bond donors (Lipinski definition) is 0. The lowest BCUT2D eigenvalue weighted by atomic mass is 9.77. The molecule has 1 spiro atoms. The van der Waals surface area contributed by atoms with Crippen LogP contribution in [0.25, 0.3) is 0 Å². The Morgan fingerprint density at radius 1 is 1.00 bits per heavy atom. The lowest BCUT2D eigenvalue weighted by Gasteiger charge is -2.32. The molecule has 3 nitrogen and oxygen atoms in total. The first-order valence-electron chi connectivity index (χ1n) is 7.46. The van der Waals surface area contributed by atoms with Gasteiger partial charge in [0.05, 0.1) is 23.4 Å². The van der Waals surface area contributed by atoms with Crippen molar-refractivity contribution in [2.45, 2.75) is 63.9 Å². The lowest BCUT2D eigenvalue weighted by Crippen LogP contribution is -2.41. The summed E-state index contributed by atoms with van der Waals surface area (Å²) in [6.45, 7) is 9.11. The minimum Gasteiger partial charge on any atom is -0.399 e. The van der Waals surface area contributed by atoms with Gasteiger partial charge in [0.25, 0.3) is 0 Å². The van der Waals surface area contributed by atoms with Crippen LogP contribution in [0.15, 0.2) is 18.2 Å². The van der Waals surface area contributed by atoms with Crippen LogP contribution in [0.5, 0.6) is 0 Å². The molecule has 1 aromatic rings. The molecule has 106 valence electrons. The molecule has 0 atom stereocenters. The number of hydrogen-bond acceptors (Lipinski definition) is 3. The van der Waals surface area contributed by atoms with E-state index in [2.05, 4.69) is 45.9 Å². The van der Waals surface area contributed by atoms with Crippen LogP contribution in [-0.2, 0) is 26.3 Å². The molecule has 20 heavy (non-hydrogen) atoms. The van der Waals surface area contributed by atoms with Crippen molar-refractivity contribution >= 4 is 12.6 Å². The molecule has 2 aliphatic heterocycles. The van der Waals surface area contributed by atoms with Crippen LogP contribution in [0, 0.1) is 0 Å². The van der Waals surface area contributed by atoms with Gasteiger partial charge in [-0.15, -0.1) is 0 Å². The van der Waals surface area contributed by atoms with Crippen molar-refractivity contribution in [3.05, 3.63) is 29.3 Å². The summed E-state index contributed by atoms with van der Waals surface area (Å²) in [5, 5.41) is 0. The molecule has 0 unspecified atom stereocenters. The number of rotatable bonds is 1. The van der Waals surface area contributed by atoms with Crippen molar-refractivity contribution in [2.75, 3.05) is 0 Å². The van der Waals surface area contributed by atoms with Gasteiger partial charge in [-0.05, 0) is 57.1 Å². The molecule has 1 saturated carbocycles. The quantitative estimate of drug-likeness (QED) is 0.735. The molecule has 1 aliphatic carbocycles. The highest BCUT2D eigenvalue weighted by molar-refractivity contribution is 6.62. The van der Waals surface area contributed by atoms with Gasteiger partial charge in [0.15, 0.2) is 0 Å². The van der Waals surface area contributed by atoms with Crippen molar-refractivity contribution < 1.29 is 14.0 Å². The molecule has 0 amide bonds. The van der Waals surface area contributed by atoms with Crippen LogP contribution in [0.1, 0.15) is 51.7 Å². The van der Waals surface area contributed by atoms with Gasteiger partial charge in [0.2, 0.25) is 0 Å². The van der Waals surface area contributed by atoms with E-state index in [0.717, 1.165) is 24.9 Å². The van der Waals surface area contributed by atoms with E-state index in [1.54, 1.807) is 0 Å². The summed E-state index contributed by atoms with van der Waals surface area (Å²) in [7, 11) is -0.276. The molecular formula is C16H21BO3. The predicted octanol–water partition coefficient (Wildman–Crippen LogP) is 2.51. The summed E-state index contributed by atoms with van der Waals surface area (Å²) in [6, 6.07) is 6.52. The molecule has 0 radical (unpaired) electrons. The maximum atomic E-state index is 6.14. The second-order valence-electron chi connectivity index (χ2n) is 7.29. The Bertz CT molecular complexity index is 559. The van der Waals surface area contributed by atoms with Crippen LogP contribution in [0.3, 0.4) is 0 Å². The largest absolute Gasteiger partial charge is 0.494 e. The summed E-state index contributed by atoms with van der Waals surface area (Å²) < 4.78 is 18.2. The normalized spacial score (nSPS) is 27.9. The zero-order chi connectivity index (χ0) is 14.2. The second-order valence-corrected chi connectivity index (χ2v) is 7.29. The van der Waals surface area contributed by atoms with Gasteiger partial charge in [0, 0.05) is 0 Å². The molecule has 1 aromatic carbocycles. The van der Waals surface area contributed by atoms with E-state index >= 15 is 0 Å². The van der Waals surface area contributed by atoms with Gasteiger partial charge in [-0.25, -0.2) is 0 Å². The molecule has 3 aliphatic rings. The second kappa shape index (κ2) is 3.67. The van der Waals surface area contributed by atoms with Crippen molar-refractivity contribution in [3.63, 3.8) is 0 Å². The Kier molecular flexibility index (Phi) is 2.36. The minimum absolute atomic E-state index is 0.0228. The topological polar surface area (TPSA) is 27.7 Å². The number of ether oxygens (including phenoxy) is 1. The van der Waals surface area contributed by atoms with Gasteiger partial charge in [-0.3, -0.25) is 0 Å². The molecule has 4 heteroatoms. The van der Waals surface area contributed by atoms with Crippen molar-refractivity contribution in [1.82, 2.24) is 0 Å². The van der Waals surface area contributed by atoms with Crippen molar-refractivity contribution in [2.24, 2.45) is 0 Å². The fourth-order valence-corrected chi connectivity index (χ4v) is 3.09. The first-order chi connectivity index (χ1) is 9.33. The van der Waals surface area contributed by atoms with Crippen LogP contribution in [0.4, 0.5) is 0 Å². The summed E-state index contributed by atoms with van der Waals surface area (Å²) in [5.74, 6) is 0. The van der Waals surface area contributed by atoms with E-state index in [1.165, 1.54) is 11.1 Å². The van der Waals surface area contributed by atoms with E-state index < -0.39 is 0 Å². The smallest absolute Gasteiger partial charge is 0.399 e. The molecule has 2 heterocycles. The average molecular weight is 272 g/mol. The molecule has 0 aromatic heterocycles. The zero-order valence-electron chi connectivity index (χ0n) is 12.7. The third kappa shape index (κ3) is 1.65. The first kappa shape index (κ1) is 12.9. The molecule has 1 saturated heterocycles. The fraction of sp³-hybridized carbons (Fsp3) is 0.625. The molecular weight excluding hydrogens is 251 g/mol. The summed E-state index contributed by atoms with van der Waals surface area (Å²) in [5.41, 5.74) is 3.23. The van der Waals surface area contributed by atoms with Crippen molar-refractivity contribution in [3.8, 4) is 0 Å². The monoisotopic (exact) mass is 272 g/mol. The Hall–Kier alpha value is -0.835.